The third-order valence-electron chi connectivity index (χ3n) is 1.03. The zero-order valence-electron chi connectivity index (χ0n) is 4.30. The van der Waals surface area contributed by atoms with E-state index >= 15 is 0 Å². The van der Waals surface area contributed by atoms with Gasteiger partial charge in [-0.05, 0) is 0 Å². The van der Waals surface area contributed by atoms with E-state index in [-0.39, 0.29) is 6.42 Å². The maximum Gasteiger partial charge on any atom is 0.274 e. The van der Waals surface area contributed by atoms with Crippen molar-refractivity contribution in [2.45, 2.75) is 12.6 Å². The molecule has 3 nitrogen and oxygen atoms in total. The van der Waals surface area contributed by atoms with Crippen LogP contribution in [-0.2, 0) is 9.59 Å². The van der Waals surface area contributed by atoms with Crippen LogP contribution in [0, 0.1) is 0 Å². The molecule has 1 fully saturated rings. The molecule has 0 aromatic carbocycles. The van der Waals surface area contributed by atoms with E-state index in [9.17, 15) is 14.0 Å². The topological polar surface area (TPSA) is 37.4 Å². The van der Waals surface area contributed by atoms with Crippen LogP contribution in [0.15, 0.2) is 0 Å². The van der Waals surface area contributed by atoms with Gasteiger partial charge in [-0.15, -0.1) is 0 Å². The maximum absolute atomic E-state index is 12.2. The van der Waals surface area contributed by atoms with Crippen molar-refractivity contribution in [3.05, 3.63) is 0 Å². The highest BCUT2D eigenvalue weighted by Crippen LogP contribution is 2.18. The largest absolute Gasteiger partial charge is 0.274 e. The molecule has 1 rings (SSSR count). The van der Waals surface area contributed by atoms with Crippen molar-refractivity contribution in [1.29, 1.82) is 0 Å². The second-order valence-corrected chi connectivity index (χ2v) is 2.39. The molecule has 1 unspecified atom stereocenters. The van der Waals surface area contributed by atoms with Gasteiger partial charge in [-0.3, -0.25) is 9.59 Å². The lowest BCUT2D eigenvalue weighted by Gasteiger charge is -1.98. The fraction of sp³-hybridized carbons (Fsp3) is 0.500. The van der Waals surface area contributed by atoms with E-state index < -0.39 is 18.0 Å². The summed E-state index contributed by atoms with van der Waals surface area (Å²) in [4.78, 5) is 20.8. The van der Waals surface area contributed by atoms with Crippen molar-refractivity contribution < 1.29 is 14.0 Å². The van der Waals surface area contributed by atoms with Gasteiger partial charge in [0.05, 0.1) is 22.6 Å². The van der Waals surface area contributed by atoms with Crippen LogP contribution in [-0.4, -0.2) is 21.9 Å². The SMILES string of the molecule is O=C1CC(F)C(=O)N1Br. The van der Waals surface area contributed by atoms with Gasteiger partial charge in [0, 0.05) is 0 Å². The Labute approximate surface area is 59.2 Å². The van der Waals surface area contributed by atoms with Gasteiger partial charge in [0.1, 0.15) is 0 Å². The minimum atomic E-state index is -1.64. The molecule has 2 amide bonds. The second kappa shape index (κ2) is 2.06. The Hall–Kier alpha value is -0.450. The number of imide groups is 1. The summed E-state index contributed by atoms with van der Waals surface area (Å²) < 4.78 is 12.8. The van der Waals surface area contributed by atoms with Crippen molar-refractivity contribution in [3.8, 4) is 0 Å². The number of hydrogen-bond donors (Lipinski definition) is 0. The summed E-state index contributed by atoms with van der Waals surface area (Å²) >= 11 is 2.60. The molecule has 0 radical (unpaired) electrons. The standard InChI is InChI=1S/C4H3BrFNO2/c5-7-3(8)1-2(6)4(7)9/h2H,1H2. The highest BCUT2D eigenvalue weighted by Gasteiger charge is 2.37. The lowest BCUT2D eigenvalue weighted by atomic mass is 10.3. The predicted octanol–water partition coefficient (Wildman–Crippen LogP) is 0.393. The molecule has 1 heterocycles. The zero-order chi connectivity index (χ0) is 7.02. The molecule has 0 saturated carbocycles. The van der Waals surface area contributed by atoms with Crippen molar-refractivity contribution in [1.82, 2.24) is 3.93 Å². The highest BCUT2D eigenvalue weighted by molar-refractivity contribution is 9.08. The van der Waals surface area contributed by atoms with Gasteiger partial charge in [0.2, 0.25) is 5.91 Å². The van der Waals surface area contributed by atoms with E-state index in [2.05, 4.69) is 16.1 Å². The number of rotatable bonds is 0. The summed E-state index contributed by atoms with van der Waals surface area (Å²) in [5.74, 6) is -1.33. The first-order chi connectivity index (χ1) is 4.13. The Bertz CT molecular complexity index is 172. The molecule has 5 heteroatoms. The third-order valence-corrected chi connectivity index (χ3v) is 1.78. The van der Waals surface area contributed by atoms with E-state index in [0.29, 0.717) is 3.93 Å². The van der Waals surface area contributed by atoms with Crippen LogP contribution in [0.1, 0.15) is 6.42 Å². The van der Waals surface area contributed by atoms with Crippen LogP contribution in [0.4, 0.5) is 4.39 Å². The minimum absolute atomic E-state index is 0.329. The van der Waals surface area contributed by atoms with E-state index in [0.717, 1.165) is 0 Å². The van der Waals surface area contributed by atoms with Crippen LogP contribution >= 0.6 is 16.1 Å². The van der Waals surface area contributed by atoms with Crippen molar-refractivity contribution >= 4 is 28.0 Å². The molecular weight excluding hydrogens is 193 g/mol. The van der Waals surface area contributed by atoms with Crippen LogP contribution < -0.4 is 0 Å². The quantitative estimate of drug-likeness (QED) is 0.415. The van der Waals surface area contributed by atoms with Crippen molar-refractivity contribution in [2.75, 3.05) is 0 Å². The molecule has 0 aromatic rings. The van der Waals surface area contributed by atoms with Gasteiger partial charge >= 0.3 is 0 Å². The average molecular weight is 196 g/mol. The summed E-state index contributed by atoms with van der Waals surface area (Å²) in [6, 6.07) is 0. The van der Waals surface area contributed by atoms with Crippen LogP contribution in [0.2, 0.25) is 0 Å². The third kappa shape index (κ3) is 0.962. The minimum Gasteiger partial charge on any atom is -0.273 e. The summed E-state index contributed by atoms with van der Waals surface area (Å²) in [7, 11) is 0. The number of halogens is 2. The molecule has 9 heavy (non-hydrogen) atoms. The second-order valence-electron chi connectivity index (χ2n) is 1.68. The van der Waals surface area contributed by atoms with Gasteiger partial charge < -0.3 is 0 Å². The molecule has 1 aliphatic rings. The maximum atomic E-state index is 12.2. The van der Waals surface area contributed by atoms with Gasteiger partial charge in [0.15, 0.2) is 6.17 Å². The summed E-state index contributed by atoms with van der Waals surface area (Å²) in [5.41, 5.74) is 0. The van der Waals surface area contributed by atoms with Crippen molar-refractivity contribution in [2.24, 2.45) is 0 Å². The first-order valence-electron chi connectivity index (χ1n) is 2.29. The van der Waals surface area contributed by atoms with Crippen LogP contribution in [0.5, 0.6) is 0 Å². The number of carbonyl (C=O) groups is 2. The average Bonchev–Trinajstić information content (AvgIpc) is 1.98. The molecule has 0 N–H and O–H groups in total. The molecule has 0 bridgehead atoms. The summed E-state index contributed by atoms with van der Waals surface area (Å²) in [6.45, 7) is 0. The van der Waals surface area contributed by atoms with Gasteiger partial charge in [0.25, 0.3) is 5.91 Å². The number of hydrogen-bond acceptors (Lipinski definition) is 2. The van der Waals surface area contributed by atoms with Crippen LogP contribution in [0.25, 0.3) is 0 Å². The van der Waals surface area contributed by atoms with Gasteiger partial charge in [-0.2, -0.15) is 0 Å². The lowest BCUT2D eigenvalue weighted by molar-refractivity contribution is -0.132. The Morgan fingerprint density at radius 1 is 1.67 bits per heavy atom. The molecule has 50 valence electrons. The molecule has 1 atom stereocenters. The van der Waals surface area contributed by atoms with E-state index in [1.807, 2.05) is 0 Å². The summed E-state index contributed by atoms with van der Waals surface area (Å²) in [6.07, 6.45) is -1.97. The van der Waals surface area contributed by atoms with E-state index in [1.165, 1.54) is 0 Å². The Morgan fingerprint density at radius 2 is 2.22 bits per heavy atom. The van der Waals surface area contributed by atoms with Crippen molar-refractivity contribution in [3.63, 3.8) is 0 Å². The Kier molecular flexibility index (Phi) is 1.52. The van der Waals surface area contributed by atoms with E-state index in [4.69, 9.17) is 0 Å². The number of amides is 2. The Balaban J connectivity index is 2.77. The first kappa shape index (κ1) is 6.67. The smallest absolute Gasteiger partial charge is 0.273 e. The molecule has 0 aromatic heterocycles. The molecule has 1 saturated heterocycles. The fourth-order valence-electron chi connectivity index (χ4n) is 0.567. The van der Waals surface area contributed by atoms with Gasteiger partial charge in [-0.1, -0.05) is 0 Å². The highest BCUT2D eigenvalue weighted by atomic mass is 79.9. The fourth-order valence-corrected chi connectivity index (χ4v) is 0.934. The molecule has 1 aliphatic heterocycles. The number of nitrogens with zero attached hydrogens (tertiary/aromatic N) is 1. The van der Waals surface area contributed by atoms with Gasteiger partial charge in [-0.25, -0.2) is 8.32 Å². The molecule has 0 spiro atoms. The van der Waals surface area contributed by atoms with E-state index in [1.54, 1.807) is 0 Å². The Morgan fingerprint density at radius 3 is 2.33 bits per heavy atom. The zero-order valence-corrected chi connectivity index (χ0v) is 5.89. The summed E-state index contributed by atoms with van der Waals surface area (Å²) in [5, 5.41) is 0. The number of alkyl halides is 1. The molecular formula is C4H3BrFNO2. The first-order valence-corrected chi connectivity index (χ1v) is 3.00. The lowest BCUT2D eigenvalue weighted by Crippen LogP contribution is -2.20. The normalized spacial score (nSPS) is 27.8. The monoisotopic (exact) mass is 195 g/mol. The predicted molar refractivity (Wildman–Crippen MR) is 30.3 cm³/mol. The van der Waals surface area contributed by atoms with Crippen LogP contribution in [0.3, 0.4) is 0 Å². The molecule has 0 aliphatic carbocycles. The number of carbonyl (C=O) groups excluding carboxylic acids is 2.